The van der Waals surface area contributed by atoms with Gasteiger partial charge >= 0.3 is 18.1 Å². The summed E-state index contributed by atoms with van der Waals surface area (Å²) < 4.78 is 53.2. The van der Waals surface area contributed by atoms with Crippen molar-refractivity contribution in [2.24, 2.45) is 0 Å². The number of benzene rings is 5. The molecule has 0 aromatic heterocycles. The summed E-state index contributed by atoms with van der Waals surface area (Å²) in [6.45, 7) is 0.0704. The topological polar surface area (TPSA) is 102 Å². The van der Waals surface area contributed by atoms with Crippen LogP contribution >= 0.6 is 11.6 Å². The van der Waals surface area contributed by atoms with Crippen molar-refractivity contribution in [3.8, 4) is 16.9 Å². The molecule has 272 valence electrons. The molecule has 0 atom stereocenters. The Kier molecular flexibility index (Phi) is 12.3. The second-order valence-corrected chi connectivity index (χ2v) is 12.6. The molecular weight excluding hydrogens is 709 g/mol. The first-order valence-electron chi connectivity index (χ1n) is 16.4. The predicted octanol–water partition coefficient (Wildman–Crippen LogP) is 9.27. The molecule has 0 saturated carbocycles. The lowest BCUT2D eigenvalue weighted by Crippen LogP contribution is -2.25. The zero-order valence-corrected chi connectivity index (χ0v) is 29.5. The third-order valence-electron chi connectivity index (χ3n) is 8.10. The molecular formula is C41H34ClF3N2O6. The normalized spacial score (nSPS) is 11.1. The lowest BCUT2D eigenvalue weighted by molar-refractivity contribution is -0.138. The molecule has 0 fully saturated rings. The summed E-state index contributed by atoms with van der Waals surface area (Å²) in [6.07, 6.45) is -4.10. The van der Waals surface area contributed by atoms with E-state index in [0.717, 1.165) is 11.6 Å². The van der Waals surface area contributed by atoms with Crippen LogP contribution in [0.5, 0.6) is 5.75 Å². The molecule has 5 rings (SSSR count). The van der Waals surface area contributed by atoms with E-state index in [0.29, 0.717) is 29.0 Å². The Morgan fingerprint density at radius 1 is 0.792 bits per heavy atom. The van der Waals surface area contributed by atoms with Crippen LogP contribution in [0.1, 0.15) is 60.6 Å². The maximum atomic E-state index is 14.1. The molecule has 0 saturated heterocycles. The quantitative estimate of drug-likeness (QED) is 0.101. The highest BCUT2D eigenvalue weighted by molar-refractivity contribution is 6.30. The van der Waals surface area contributed by atoms with E-state index in [1.54, 1.807) is 66.7 Å². The Balaban J connectivity index is 1.23. The van der Waals surface area contributed by atoms with Crippen LogP contribution in [0, 0.1) is 0 Å². The number of amides is 2. The first-order chi connectivity index (χ1) is 25.3. The Labute approximate surface area is 309 Å². The van der Waals surface area contributed by atoms with Crippen molar-refractivity contribution in [2.75, 3.05) is 19.4 Å². The van der Waals surface area contributed by atoms with Gasteiger partial charge in [0.2, 0.25) is 0 Å². The number of nitrogens with one attached hydrogen (secondary N) is 1. The van der Waals surface area contributed by atoms with Crippen LogP contribution in [0.3, 0.4) is 0 Å². The van der Waals surface area contributed by atoms with Gasteiger partial charge in [-0.2, -0.15) is 13.2 Å². The Hall–Kier alpha value is -5.94. The number of anilines is 1. The van der Waals surface area contributed by atoms with E-state index < -0.39 is 41.1 Å². The van der Waals surface area contributed by atoms with Crippen molar-refractivity contribution in [3.63, 3.8) is 0 Å². The second kappa shape index (κ2) is 17.1. The molecule has 5 aromatic rings. The van der Waals surface area contributed by atoms with Crippen LogP contribution in [-0.2, 0) is 28.7 Å². The minimum atomic E-state index is -4.82. The summed E-state index contributed by atoms with van der Waals surface area (Å²) in [5.74, 6) is -2.33. The average Bonchev–Trinajstić information content (AvgIpc) is 3.14. The molecule has 0 heterocycles. The van der Waals surface area contributed by atoms with E-state index >= 15 is 0 Å². The molecule has 53 heavy (non-hydrogen) atoms. The molecule has 0 aliphatic rings. The van der Waals surface area contributed by atoms with Gasteiger partial charge in [0, 0.05) is 25.5 Å². The number of carbonyl (C=O) groups excluding carboxylic acids is 4. The average molecular weight is 743 g/mol. The van der Waals surface area contributed by atoms with Gasteiger partial charge in [0.25, 0.3) is 11.8 Å². The van der Waals surface area contributed by atoms with Crippen LogP contribution < -0.4 is 10.1 Å². The van der Waals surface area contributed by atoms with Crippen molar-refractivity contribution in [1.29, 1.82) is 0 Å². The van der Waals surface area contributed by atoms with Gasteiger partial charge in [-0.05, 0) is 89.7 Å². The summed E-state index contributed by atoms with van der Waals surface area (Å²) in [5.41, 5.74) is 0.651. The Morgan fingerprint density at radius 2 is 1.47 bits per heavy atom. The van der Waals surface area contributed by atoms with Gasteiger partial charge in [-0.15, -0.1) is 0 Å². The van der Waals surface area contributed by atoms with E-state index in [2.05, 4.69) is 5.32 Å². The lowest BCUT2D eigenvalue weighted by atomic mass is 9.94. The highest BCUT2D eigenvalue weighted by Gasteiger charge is 2.37. The molecule has 5 aromatic carbocycles. The number of aryl methyl sites for hydroxylation is 1. The van der Waals surface area contributed by atoms with Crippen molar-refractivity contribution in [2.45, 2.75) is 32.0 Å². The molecule has 0 spiro atoms. The zero-order chi connectivity index (χ0) is 38.1. The minimum Gasteiger partial charge on any atom is -0.457 e. The van der Waals surface area contributed by atoms with Crippen molar-refractivity contribution >= 4 is 41.0 Å². The third-order valence-corrected chi connectivity index (χ3v) is 8.35. The maximum absolute atomic E-state index is 14.1. The largest absolute Gasteiger partial charge is 0.457 e. The number of nitrogens with zero attached hydrogens (tertiary/aromatic N) is 1. The summed E-state index contributed by atoms with van der Waals surface area (Å²) in [5, 5.41) is 3.12. The number of ether oxygens (including phenoxy) is 2. The first kappa shape index (κ1) is 38.3. The number of carbonyl (C=O) groups is 4. The van der Waals surface area contributed by atoms with E-state index in [1.165, 1.54) is 61.5 Å². The number of alkyl halides is 3. The molecule has 8 nitrogen and oxygen atoms in total. The van der Waals surface area contributed by atoms with Crippen LogP contribution in [0.2, 0.25) is 5.02 Å². The Morgan fingerprint density at radius 3 is 2.13 bits per heavy atom. The van der Waals surface area contributed by atoms with Gasteiger partial charge in [-0.1, -0.05) is 72.3 Å². The first-order valence-corrected chi connectivity index (χ1v) is 16.8. The van der Waals surface area contributed by atoms with Crippen LogP contribution in [0.25, 0.3) is 11.1 Å². The van der Waals surface area contributed by atoms with Gasteiger partial charge in [-0.3, -0.25) is 14.4 Å². The van der Waals surface area contributed by atoms with E-state index in [-0.39, 0.29) is 41.2 Å². The van der Waals surface area contributed by atoms with Crippen molar-refractivity contribution in [1.82, 2.24) is 4.90 Å². The summed E-state index contributed by atoms with van der Waals surface area (Å²) in [4.78, 5) is 53.1. The highest BCUT2D eigenvalue weighted by atomic mass is 35.5. The van der Waals surface area contributed by atoms with Crippen LogP contribution in [-0.4, -0.2) is 42.7 Å². The Bertz CT molecular complexity index is 2100. The summed E-state index contributed by atoms with van der Waals surface area (Å²) in [6, 6.07) is 29.3. The second-order valence-electron chi connectivity index (χ2n) is 12.2. The molecule has 0 aliphatic heterocycles. The molecule has 0 radical (unpaired) electrons. The van der Waals surface area contributed by atoms with Gasteiger partial charge in [0.15, 0.2) is 0 Å². The molecule has 12 heteroatoms. The van der Waals surface area contributed by atoms with E-state index in [4.69, 9.17) is 21.1 Å². The summed E-state index contributed by atoms with van der Waals surface area (Å²) in [7, 11) is 3.03. The molecule has 0 unspecified atom stereocenters. The fourth-order valence-electron chi connectivity index (χ4n) is 5.44. The maximum Gasteiger partial charge on any atom is 0.417 e. The van der Waals surface area contributed by atoms with Gasteiger partial charge in [0.1, 0.15) is 12.4 Å². The lowest BCUT2D eigenvalue weighted by Gasteiger charge is -2.19. The van der Waals surface area contributed by atoms with Crippen molar-refractivity contribution in [3.05, 3.63) is 154 Å². The number of hydrogen-bond donors (Lipinski definition) is 1. The summed E-state index contributed by atoms with van der Waals surface area (Å²) >= 11 is 5.88. The highest BCUT2D eigenvalue weighted by Crippen LogP contribution is 2.37. The molecule has 0 bridgehead atoms. The fourth-order valence-corrected chi connectivity index (χ4v) is 5.57. The molecule has 0 aliphatic carbocycles. The SMILES string of the molecule is CN(C)C(=O)c1cc(CCCC(=O)Oc2ccc(C(=O)OCc3ccc(Cl)cc3)cc2)ccc1NC(=O)c1c(-c2ccccc2)cccc1C(F)(F)F. The minimum absolute atomic E-state index is 0.0246. The molecule has 1 N–H and O–H groups in total. The predicted molar refractivity (Wildman–Crippen MR) is 195 cm³/mol. The number of hydrogen-bond acceptors (Lipinski definition) is 6. The van der Waals surface area contributed by atoms with Gasteiger partial charge in [0.05, 0.1) is 27.9 Å². The number of rotatable bonds is 12. The van der Waals surface area contributed by atoms with Gasteiger partial charge in [-0.25, -0.2) is 4.79 Å². The van der Waals surface area contributed by atoms with E-state index in [9.17, 15) is 32.3 Å². The standard InChI is InChI=1S/C41H34ClF3N2O6/c1-47(2)39(50)33-24-26(8-6-13-36(48)53-31-21-17-29(18-22-31)40(51)52-25-27-14-19-30(42)20-15-27)16-23-35(33)46-38(49)37-32(28-9-4-3-5-10-28)11-7-12-34(37)41(43,44)45/h3-5,7,9-12,14-24H,6,8,13,25H2,1-2H3,(H,46,49). The number of halogens is 4. The monoisotopic (exact) mass is 742 g/mol. The van der Waals surface area contributed by atoms with Gasteiger partial charge < -0.3 is 19.7 Å². The van der Waals surface area contributed by atoms with Crippen molar-refractivity contribution < 1.29 is 41.8 Å². The third kappa shape index (κ3) is 10.1. The van der Waals surface area contributed by atoms with Crippen LogP contribution in [0.4, 0.5) is 18.9 Å². The number of esters is 2. The van der Waals surface area contributed by atoms with E-state index in [1.807, 2.05) is 0 Å². The fraction of sp³-hybridized carbons (Fsp3) is 0.171. The van der Waals surface area contributed by atoms with Crippen LogP contribution in [0.15, 0.2) is 115 Å². The molecule has 2 amide bonds. The smallest absolute Gasteiger partial charge is 0.417 e. The zero-order valence-electron chi connectivity index (χ0n) is 28.7.